The highest BCUT2D eigenvalue weighted by Crippen LogP contribution is 2.33. The van der Waals surface area contributed by atoms with Crippen molar-refractivity contribution in [3.8, 4) is 0 Å². The minimum absolute atomic E-state index is 0.134. The lowest BCUT2D eigenvalue weighted by Crippen LogP contribution is -2.30. The molecule has 3 unspecified atom stereocenters. The number of nitro groups is 1. The Balaban J connectivity index is 2.06. The minimum Gasteiger partial charge on any atom is -0.393 e. The summed E-state index contributed by atoms with van der Waals surface area (Å²) in [4.78, 5) is 10.4. The van der Waals surface area contributed by atoms with Crippen molar-refractivity contribution in [1.29, 1.82) is 0 Å². The first-order chi connectivity index (χ1) is 9.10. The summed E-state index contributed by atoms with van der Waals surface area (Å²) >= 11 is 0. The number of aliphatic hydroxyl groups is 1. The number of non-ortho nitro benzene ring substituents is 1. The van der Waals surface area contributed by atoms with Gasteiger partial charge >= 0.3 is 0 Å². The maximum absolute atomic E-state index is 10.8. The molecule has 0 aromatic heterocycles. The molecule has 19 heavy (non-hydrogen) atoms. The maximum atomic E-state index is 10.8. The van der Waals surface area contributed by atoms with E-state index >= 15 is 0 Å². The Morgan fingerprint density at radius 2 is 2.21 bits per heavy atom. The van der Waals surface area contributed by atoms with Crippen molar-refractivity contribution >= 4 is 5.69 Å². The second kappa shape index (κ2) is 6.15. The van der Waals surface area contributed by atoms with Crippen molar-refractivity contribution in [3.05, 3.63) is 39.9 Å². The molecule has 3 atom stereocenters. The first kappa shape index (κ1) is 14.0. The second-order valence-corrected chi connectivity index (χ2v) is 5.55. The molecule has 0 amide bonds. The van der Waals surface area contributed by atoms with E-state index in [-0.39, 0.29) is 22.6 Å². The third-order valence-electron chi connectivity index (χ3n) is 4.25. The predicted molar refractivity (Wildman–Crippen MR) is 73.9 cm³/mol. The molecule has 1 aliphatic carbocycles. The molecule has 104 valence electrons. The van der Waals surface area contributed by atoms with Gasteiger partial charge in [0.1, 0.15) is 0 Å². The number of nitrogens with zero attached hydrogens (tertiary/aromatic N) is 1. The lowest BCUT2D eigenvalue weighted by atomic mass is 9.76. The monoisotopic (exact) mass is 263 g/mol. The fourth-order valence-electron chi connectivity index (χ4n) is 3.04. The minimum atomic E-state index is -0.365. The lowest BCUT2D eigenvalue weighted by molar-refractivity contribution is -0.384. The molecule has 1 aromatic rings. The molecular formula is C15H21NO3. The highest BCUT2D eigenvalue weighted by atomic mass is 16.6. The van der Waals surface area contributed by atoms with Crippen LogP contribution in [0.15, 0.2) is 24.3 Å². The fourth-order valence-corrected chi connectivity index (χ4v) is 3.04. The molecule has 0 spiro atoms. The summed E-state index contributed by atoms with van der Waals surface area (Å²) in [5, 5.41) is 20.9. The Hall–Kier alpha value is -1.42. The van der Waals surface area contributed by atoms with Crippen LogP contribution in [-0.2, 0) is 6.42 Å². The molecule has 1 N–H and O–H groups in total. The van der Waals surface area contributed by atoms with Crippen molar-refractivity contribution in [2.45, 2.75) is 45.1 Å². The summed E-state index contributed by atoms with van der Waals surface area (Å²) in [6, 6.07) is 6.77. The van der Waals surface area contributed by atoms with Gasteiger partial charge in [0.25, 0.3) is 5.69 Å². The van der Waals surface area contributed by atoms with Crippen molar-refractivity contribution < 1.29 is 10.0 Å². The number of hydrogen-bond acceptors (Lipinski definition) is 3. The van der Waals surface area contributed by atoms with Gasteiger partial charge in [0.15, 0.2) is 0 Å². The zero-order chi connectivity index (χ0) is 13.8. The number of rotatable bonds is 4. The number of nitro benzene ring substituents is 1. The standard InChI is InChI=1S/C15H21NO3/c1-2-11-6-7-15(17)13(8-11)9-12-4-3-5-14(10-12)16(18)19/h3-5,10-11,13,15,17H,2,6-9H2,1H3. The maximum Gasteiger partial charge on any atom is 0.269 e. The Kier molecular flexibility index (Phi) is 4.53. The molecule has 1 fully saturated rings. The van der Waals surface area contributed by atoms with E-state index in [0.717, 1.165) is 37.7 Å². The van der Waals surface area contributed by atoms with E-state index in [4.69, 9.17) is 0 Å². The van der Waals surface area contributed by atoms with E-state index in [2.05, 4.69) is 6.92 Å². The predicted octanol–water partition coefficient (Wildman–Crippen LogP) is 3.32. The summed E-state index contributed by atoms with van der Waals surface area (Å²) in [5.41, 5.74) is 1.09. The van der Waals surface area contributed by atoms with Gasteiger partial charge in [-0.2, -0.15) is 0 Å². The van der Waals surface area contributed by atoms with Crippen LogP contribution < -0.4 is 0 Å². The Morgan fingerprint density at radius 3 is 2.89 bits per heavy atom. The highest BCUT2D eigenvalue weighted by molar-refractivity contribution is 5.34. The van der Waals surface area contributed by atoms with Gasteiger partial charge in [-0.3, -0.25) is 10.1 Å². The average molecular weight is 263 g/mol. The van der Waals surface area contributed by atoms with E-state index in [1.165, 1.54) is 6.07 Å². The molecule has 1 aromatic carbocycles. The first-order valence-corrected chi connectivity index (χ1v) is 7.01. The molecule has 2 rings (SSSR count). The molecule has 1 aliphatic rings. The molecule has 0 aliphatic heterocycles. The van der Waals surface area contributed by atoms with Crippen LogP contribution in [-0.4, -0.2) is 16.1 Å². The van der Waals surface area contributed by atoms with Gasteiger partial charge in [-0.05, 0) is 43.1 Å². The largest absolute Gasteiger partial charge is 0.393 e. The molecular weight excluding hydrogens is 242 g/mol. The number of aliphatic hydroxyl groups excluding tert-OH is 1. The zero-order valence-electron chi connectivity index (χ0n) is 11.3. The third-order valence-corrected chi connectivity index (χ3v) is 4.25. The lowest BCUT2D eigenvalue weighted by Gasteiger charge is -2.33. The fraction of sp³-hybridized carbons (Fsp3) is 0.600. The molecule has 4 heteroatoms. The number of benzene rings is 1. The smallest absolute Gasteiger partial charge is 0.269 e. The van der Waals surface area contributed by atoms with Gasteiger partial charge in [-0.25, -0.2) is 0 Å². The quantitative estimate of drug-likeness (QED) is 0.669. The molecule has 0 radical (unpaired) electrons. The van der Waals surface area contributed by atoms with Gasteiger partial charge in [0.2, 0.25) is 0 Å². The van der Waals surface area contributed by atoms with Crippen molar-refractivity contribution in [2.24, 2.45) is 11.8 Å². The molecule has 0 bridgehead atoms. The van der Waals surface area contributed by atoms with E-state index in [1.807, 2.05) is 6.07 Å². The SMILES string of the molecule is CCC1CCC(O)C(Cc2cccc([N+](=O)[O-])c2)C1. The van der Waals surface area contributed by atoms with Crippen molar-refractivity contribution in [1.82, 2.24) is 0 Å². The van der Waals surface area contributed by atoms with Crippen molar-refractivity contribution in [2.75, 3.05) is 0 Å². The first-order valence-electron chi connectivity index (χ1n) is 7.01. The number of hydrogen-bond donors (Lipinski definition) is 1. The van der Waals surface area contributed by atoms with Gasteiger partial charge in [0, 0.05) is 12.1 Å². The zero-order valence-corrected chi connectivity index (χ0v) is 11.3. The van der Waals surface area contributed by atoms with Crippen LogP contribution in [0.25, 0.3) is 0 Å². The van der Waals surface area contributed by atoms with Crippen LogP contribution in [0.3, 0.4) is 0 Å². The van der Waals surface area contributed by atoms with Crippen LogP contribution in [0.1, 0.15) is 38.2 Å². The Bertz CT molecular complexity index is 447. The summed E-state index contributed by atoms with van der Waals surface area (Å²) in [6.07, 6.45) is 4.61. The van der Waals surface area contributed by atoms with E-state index in [9.17, 15) is 15.2 Å². The van der Waals surface area contributed by atoms with E-state index in [1.54, 1.807) is 12.1 Å². The summed E-state index contributed by atoms with van der Waals surface area (Å²) in [7, 11) is 0. The molecule has 1 saturated carbocycles. The topological polar surface area (TPSA) is 63.4 Å². The van der Waals surface area contributed by atoms with Crippen LogP contribution in [0.5, 0.6) is 0 Å². The van der Waals surface area contributed by atoms with Crippen molar-refractivity contribution in [3.63, 3.8) is 0 Å². The van der Waals surface area contributed by atoms with E-state index in [0.29, 0.717) is 5.92 Å². The molecule has 0 saturated heterocycles. The third kappa shape index (κ3) is 3.53. The van der Waals surface area contributed by atoms with Crippen LogP contribution in [0, 0.1) is 22.0 Å². The Labute approximate surface area is 113 Å². The van der Waals surface area contributed by atoms with Gasteiger partial charge < -0.3 is 5.11 Å². The summed E-state index contributed by atoms with van der Waals surface area (Å²) in [5.74, 6) is 0.924. The van der Waals surface area contributed by atoms with Gasteiger partial charge in [-0.15, -0.1) is 0 Å². The second-order valence-electron chi connectivity index (χ2n) is 5.55. The average Bonchev–Trinajstić information content (AvgIpc) is 2.41. The molecule has 4 nitrogen and oxygen atoms in total. The van der Waals surface area contributed by atoms with Crippen LogP contribution in [0.4, 0.5) is 5.69 Å². The van der Waals surface area contributed by atoms with Gasteiger partial charge in [-0.1, -0.05) is 25.5 Å². The Morgan fingerprint density at radius 1 is 1.42 bits per heavy atom. The van der Waals surface area contributed by atoms with E-state index < -0.39 is 0 Å². The normalized spacial score (nSPS) is 27.2. The van der Waals surface area contributed by atoms with Gasteiger partial charge in [0.05, 0.1) is 11.0 Å². The summed E-state index contributed by atoms with van der Waals surface area (Å²) in [6.45, 7) is 2.19. The van der Waals surface area contributed by atoms with Crippen LogP contribution >= 0.6 is 0 Å². The highest BCUT2D eigenvalue weighted by Gasteiger charge is 2.28. The van der Waals surface area contributed by atoms with Crippen LogP contribution in [0.2, 0.25) is 0 Å². The molecule has 0 heterocycles. The summed E-state index contributed by atoms with van der Waals surface area (Å²) < 4.78 is 0.